The summed E-state index contributed by atoms with van der Waals surface area (Å²) in [5.41, 5.74) is 0. The van der Waals surface area contributed by atoms with E-state index >= 15 is 0 Å². The van der Waals surface area contributed by atoms with Gasteiger partial charge < -0.3 is 20.3 Å². The number of carbonyl (C=O) groups is 2. The lowest BCUT2D eigenvalue weighted by atomic mass is 10.0. The van der Waals surface area contributed by atoms with Crippen LogP contribution < -0.4 is 5.32 Å². The fourth-order valence-electron chi connectivity index (χ4n) is 8.61. The van der Waals surface area contributed by atoms with Crippen LogP contribution in [0.5, 0.6) is 0 Å². The van der Waals surface area contributed by atoms with Crippen molar-refractivity contribution in [3.8, 4) is 0 Å². The van der Waals surface area contributed by atoms with Crippen molar-refractivity contribution >= 4 is 11.9 Å². The minimum Gasteiger partial charge on any atom is -0.462 e. The predicted octanol–water partition coefficient (Wildman–Crippen LogP) is 16.0. The molecule has 352 valence electrons. The molecule has 0 bridgehead atoms. The Balaban J connectivity index is 4.41. The molecule has 0 heterocycles. The van der Waals surface area contributed by atoms with Gasteiger partial charge in [-0.25, -0.2) is 0 Å². The van der Waals surface area contributed by atoms with Crippen molar-refractivity contribution in [1.82, 2.24) is 5.32 Å². The Morgan fingerprint density at radius 1 is 0.424 bits per heavy atom. The van der Waals surface area contributed by atoms with Crippen molar-refractivity contribution in [1.29, 1.82) is 0 Å². The zero-order valence-electron chi connectivity index (χ0n) is 40.2. The minimum atomic E-state index is -0.779. The summed E-state index contributed by atoms with van der Waals surface area (Å²) >= 11 is 0. The normalized spacial score (nSPS) is 13.1. The first kappa shape index (κ1) is 57.9. The summed E-state index contributed by atoms with van der Waals surface area (Å²) in [5, 5.41) is 23.8. The van der Waals surface area contributed by atoms with Gasteiger partial charge in [0.25, 0.3) is 0 Å². The highest BCUT2D eigenvalue weighted by atomic mass is 16.5. The van der Waals surface area contributed by atoms with Crippen LogP contribution in [0.3, 0.4) is 0 Å². The van der Waals surface area contributed by atoms with Crippen molar-refractivity contribution in [3.05, 3.63) is 0 Å². The summed E-state index contributed by atoms with van der Waals surface area (Å²) in [5.74, 6) is -0.451. The van der Waals surface area contributed by atoms with Gasteiger partial charge in [0, 0.05) is 6.42 Å². The van der Waals surface area contributed by atoms with Crippen LogP contribution in [0, 0.1) is 0 Å². The number of aliphatic hydroxyl groups excluding tert-OH is 2. The van der Waals surface area contributed by atoms with Crippen molar-refractivity contribution in [2.24, 2.45) is 0 Å². The Bertz CT molecular complexity index is 852. The average Bonchev–Trinajstić information content (AvgIpc) is 3.23. The molecule has 0 spiro atoms. The SMILES string of the molecule is CCCCCCCCCCCCCCCCCCC(O)C(CO)NC(=O)CC(CCCCCCCCCCCC)OC(=O)CCCCCCCCCCCCCCCC. The summed E-state index contributed by atoms with van der Waals surface area (Å²) in [6, 6.07) is -0.692. The third kappa shape index (κ3) is 43.3. The van der Waals surface area contributed by atoms with Crippen LogP contribution in [0.4, 0.5) is 0 Å². The lowest BCUT2D eigenvalue weighted by Gasteiger charge is -2.24. The van der Waals surface area contributed by atoms with Crippen molar-refractivity contribution in [2.45, 2.75) is 322 Å². The van der Waals surface area contributed by atoms with Gasteiger partial charge in [-0.1, -0.05) is 265 Å². The molecule has 0 aliphatic carbocycles. The highest BCUT2D eigenvalue weighted by molar-refractivity contribution is 5.77. The quantitative estimate of drug-likeness (QED) is 0.0419. The fraction of sp³-hybridized carbons (Fsp3) is 0.962. The lowest BCUT2D eigenvalue weighted by molar-refractivity contribution is -0.151. The monoisotopic (exact) mass is 836 g/mol. The van der Waals surface area contributed by atoms with Gasteiger partial charge in [0.05, 0.1) is 25.2 Å². The fourth-order valence-corrected chi connectivity index (χ4v) is 8.61. The number of nitrogens with one attached hydrogen (secondary N) is 1. The zero-order valence-corrected chi connectivity index (χ0v) is 40.2. The predicted molar refractivity (Wildman–Crippen MR) is 255 cm³/mol. The molecule has 0 aromatic heterocycles. The molecular weight excluding hydrogens is 731 g/mol. The molecule has 3 atom stereocenters. The van der Waals surface area contributed by atoms with Crippen molar-refractivity contribution in [3.63, 3.8) is 0 Å². The Morgan fingerprint density at radius 3 is 1.03 bits per heavy atom. The molecule has 0 fully saturated rings. The maximum absolute atomic E-state index is 13.2. The molecule has 0 aliphatic heterocycles. The van der Waals surface area contributed by atoms with Crippen LogP contribution in [-0.2, 0) is 14.3 Å². The molecule has 0 radical (unpaired) electrons. The van der Waals surface area contributed by atoms with Crippen molar-refractivity contribution < 1.29 is 24.5 Å². The summed E-state index contributed by atoms with van der Waals surface area (Å²) in [6.45, 7) is 6.51. The largest absolute Gasteiger partial charge is 0.462 e. The molecule has 0 aromatic rings. The smallest absolute Gasteiger partial charge is 0.306 e. The van der Waals surface area contributed by atoms with Crippen LogP contribution in [-0.4, -0.2) is 46.9 Å². The molecule has 0 aliphatic rings. The second-order valence-corrected chi connectivity index (χ2v) is 18.6. The van der Waals surface area contributed by atoms with E-state index in [2.05, 4.69) is 26.1 Å². The van der Waals surface area contributed by atoms with E-state index in [1.54, 1.807) is 0 Å². The molecule has 6 heteroatoms. The van der Waals surface area contributed by atoms with Gasteiger partial charge in [-0.05, 0) is 25.7 Å². The van der Waals surface area contributed by atoms with Crippen LogP contribution in [0.25, 0.3) is 0 Å². The Hall–Kier alpha value is -1.14. The van der Waals surface area contributed by atoms with Crippen molar-refractivity contribution in [2.75, 3.05) is 6.61 Å². The van der Waals surface area contributed by atoms with Gasteiger partial charge >= 0.3 is 5.97 Å². The molecule has 3 unspecified atom stereocenters. The van der Waals surface area contributed by atoms with E-state index in [4.69, 9.17) is 4.74 Å². The summed E-state index contributed by atoms with van der Waals surface area (Å²) < 4.78 is 5.93. The molecule has 3 N–H and O–H groups in total. The average molecular weight is 836 g/mol. The van der Waals surface area contributed by atoms with Crippen LogP contribution in [0.1, 0.15) is 303 Å². The Labute approximate surface area is 368 Å². The summed E-state index contributed by atoms with van der Waals surface area (Å²) in [7, 11) is 0. The van der Waals surface area contributed by atoms with E-state index in [9.17, 15) is 19.8 Å². The summed E-state index contributed by atoms with van der Waals surface area (Å²) in [4.78, 5) is 26.1. The molecule has 6 nitrogen and oxygen atoms in total. The van der Waals surface area contributed by atoms with Gasteiger partial charge in [-0.3, -0.25) is 9.59 Å². The van der Waals surface area contributed by atoms with E-state index in [-0.39, 0.29) is 24.9 Å². The maximum atomic E-state index is 13.2. The van der Waals surface area contributed by atoms with Gasteiger partial charge in [-0.15, -0.1) is 0 Å². The number of hydrogen-bond donors (Lipinski definition) is 3. The van der Waals surface area contributed by atoms with Gasteiger partial charge in [0.2, 0.25) is 5.91 Å². The first-order chi connectivity index (χ1) is 29.0. The summed E-state index contributed by atoms with van der Waals surface area (Å²) in [6.07, 6.45) is 51.6. The lowest BCUT2D eigenvalue weighted by Crippen LogP contribution is -2.46. The van der Waals surface area contributed by atoms with E-state index in [0.29, 0.717) is 19.3 Å². The standard InChI is InChI=1S/C53H105NO5/c1-4-7-10-13-16-19-22-24-26-27-28-30-33-36-39-42-45-51(56)50(48-55)54-52(57)47-49(44-41-38-35-32-21-18-15-12-9-6-3)59-53(58)46-43-40-37-34-31-29-25-23-20-17-14-11-8-5-2/h49-51,55-56H,4-48H2,1-3H3,(H,54,57). The number of rotatable bonds is 49. The van der Waals surface area contributed by atoms with E-state index in [1.165, 1.54) is 218 Å². The molecule has 0 saturated carbocycles. The Kier molecular flexibility index (Phi) is 47.0. The van der Waals surface area contributed by atoms with E-state index in [1.807, 2.05) is 0 Å². The molecule has 0 rings (SSSR count). The third-order valence-corrected chi connectivity index (χ3v) is 12.7. The maximum Gasteiger partial charge on any atom is 0.306 e. The van der Waals surface area contributed by atoms with Gasteiger partial charge in [0.1, 0.15) is 6.10 Å². The molecule has 0 saturated heterocycles. The minimum absolute atomic E-state index is 0.0875. The molecule has 1 amide bonds. The molecule has 0 aromatic carbocycles. The molecular formula is C53H105NO5. The van der Waals surface area contributed by atoms with Gasteiger partial charge in [0.15, 0.2) is 0 Å². The van der Waals surface area contributed by atoms with E-state index in [0.717, 1.165) is 38.5 Å². The topological polar surface area (TPSA) is 95.9 Å². The van der Waals surface area contributed by atoms with Crippen LogP contribution in [0.2, 0.25) is 0 Å². The van der Waals surface area contributed by atoms with E-state index < -0.39 is 18.2 Å². The number of amides is 1. The van der Waals surface area contributed by atoms with Crippen LogP contribution >= 0.6 is 0 Å². The van der Waals surface area contributed by atoms with Gasteiger partial charge in [-0.2, -0.15) is 0 Å². The molecule has 59 heavy (non-hydrogen) atoms. The number of carbonyl (C=O) groups excluding carboxylic acids is 2. The first-order valence-electron chi connectivity index (χ1n) is 26.8. The highest BCUT2D eigenvalue weighted by Gasteiger charge is 2.24. The number of esters is 1. The second-order valence-electron chi connectivity index (χ2n) is 18.6. The number of aliphatic hydroxyl groups is 2. The second kappa shape index (κ2) is 47.9. The number of hydrogen-bond acceptors (Lipinski definition) is 5. The number of unbranched alkanes of at least 4 members (excludes halogenated alkanes) is 37. The highest BCUT2D eigenvalue weighted by Crippen LogP contribution is 2.19. The Morgan fingerprint density at radius 2 is 0.712 bits per heavy atom. The number of ether oxygens (including phenoxy) is 1. The zero-order chi connectivity index (χ0) is 43.1. The third-order valence-electron chi connectivity index (χ3n) is 12.7. The van der Waals surface area contributed by atoms with Crippen LogP contribution in [0.15, 0.2) is 0 Å². The first-order valence-corrected chi connectivity index (χ1v) is 26.8.